The second-order valence-corrected chi connectivity index (χ2v) is 3.27. The van der Waals surface area contributed by atoms with Gasteiger partial charge in [-0.25, -0.2) is 0 Å². The third-order valence-electron chi connectivity index (χ3n) is 2.26. The Bertz CT molecular complexity index is 287. The normalized spacial score (nSPS) is 9.43. The van der Waals surface area contributed by atoms with Crippen molar-refractivity contribution in [3.8, 4) is 6.19 Å². The first-order valence-electron chi connectivity index (χ1n) is 5.05. The van der Waals surface area contributed by atoms with Crippen molar-refractivity contribution in [1.29, 1.82) is 5.26 Å². The van der Waals surface area contributed by atoms with E-state index in [1.54, 1.807) is 4.90 Å². The molecule has 1 rings (SSSR count). The first-order valence-corrected chi connectivity index (χ1v) is 5.05. The third kappa shape index (κ3) is 3.49. The van der Waals surface area contributed by atoms with E-state index in [4.69, 9.17) is 5.26 Å². The molecule has 2 heteroatoms. The summed E-state index contributed by atoms with van der Waals surface area (Å²) in [6.45, 7) is 3.68. The van der Waals surface area contributed by atoms with Crippen LogP contribution in [0.3, 0.4) is 0 Å². The number of hydrogen-bond donors (Lipinski definition) is 0. The highest BCUT2D eigenvalue weighted by molar-refractivity contribution is 5.14. The van der Waals surface area contributed by atoms with Crippen LogP contribution in [0.1, 0.15) is 18.9 Å². The molecule has 0 spiro atoms. The molecule has 0 amide bonds. The molecule has 1 aromatic carbocycles. The monoisotopic (exact) mass is 188 g/mol. The average molecular weight is 188 g/mol. The van der Waals surface area contributed by atoms with Crippen molar-refractivity contribution in [2.75, 3.05) is 13.1 Å². The van der Waals surface area contributed by atoms with Crippen molar-refractivity contribution >= 4 is 0 Å². The first kappa shape index (κ1) is 10.6. The highest BCUT2D eigenvalue weighted by atomic mass is 15.1. The Morgan fingerprint density at radius 3 is 2.57 bits per heavy atom. The molecular weight excluding hydrogens is 172 g/mol. The molecule has 0 radical (unpaired) electrons. The summed E-state index contributed by atoms with van der Waals surface area (Å²) >= 11 is 0. The van der Waals surface area contributed by atoms with E-state index in [-0.39, 0.29) is 0 Å². The molecule has 0 saturated heterocycles. The van der Waals surface area contributed by atoms with E-state index in [0.717, 1.165) is 25.9 Å². The average Bonchev–Trinajstić information content (AvgIpc) is 2.26. The molecule has 74 valence electrons. The summed E-state index contributed by atoms with van der Waals surface area (Å²) in [5, 5.41) is 8.70. The molecular formula is C12H16N2. The van der Waals surface area contributed by atoms with Crippen molar-refractivity contribution in [2.45, 2.75) is 19.8 Å². The fourth-order valence-corrected chi connectivity index (χ4v) is 1.40. The van der Waals surface area contributed by atoms with Gasteiger partial charge < -0.3 is 4.90 Å². The summed E-state index contributed by atoms with van der Waals surface area (Å²) in [4.78, 5) is 1.78. The first-order chi connectivity index (χ1) is 6.86. The lowest BCUT2D eigenvalue weighted by Crippen LogP contribution is -2.18. The molecule has 0 aliphatic rings. The number of nitrogens with zero attached hydrogens (tertiary/aromatic N) is 2. The predicted molar refractivity (Wildman–Crippen MR) is 57.6 cm³/mol. The van der Waals surface area contributed by atoms with Crippen LogP contribution in [-0.2, 0) is 6.42 Å². The lowest BCUT2D eigenvalue weighted by molar-refractivity contribution is 0.404. The number of aryl methyl sites for hydroxylation is 1. The van der Waals surface area contributed by atoms with Gasteiger partial charge in [0, 0.05) is 13.1 Å². The van der Waals surface area contributed by atoms with Crippen LogP contribution in [-0.4, -0.2) is 18.0 Å². The Kier molecular flexibility index (Phi) is 4.57. The SMILES string of the molecule is CCN(C#N)CCCc1ccccc1. The molecule has 0 atom stereocenters. The van der Waals surface area contributed by atoms with Gasteiger partial charge in [0.2, 0.25) is 0 Å². The highest BCUT2D eigenvalue weighted by Crippen LogP contribution is 2.02. The zero-order chi connectivity index (χ0) is 10.2. The second kappa shape index (κ2) is 6.04. The largest absolute Gasteiger partial charge is 0.311 e. The van der Waals surface area contributed by atoms with Crippen molar-refractivity contribution in [3.63, 3.8) is 0 Å². The molecule has 0 unspecified atom stereocenters. The molecule has 0 aliphatic heterocycles. The van der Waals surface area contributed by atoms with Crippen LogP contribution in [0.2, 0.25) is 0 Å². The number of hydrogen-bond acceptors (Lipinski definition) is 2. The minimum absolute atomic E-state index is 0.811. The zero-order valence-electron chi connectivity index (χ0n) is 8.61. The van der Waals surface area contributed by atoms with E-state index in [1.807, 2.05) is 13.0 Å². The molecule has 0 saturated carbocycles. The van der Waals surface area contributed by atoms with Gasteiger partial charge in [0.25, 0.3) is 0 Å². The molecule has 0 bridgehead atoms. The summed E-state index contributed by atoms with van der Waals surface area (Å²) in [5.41, 5.74) is 1.35. The maximum Gasteiger partial charge on any atom is 0.179 e. The van der Waals surface area contributed by atoms with Crippen LogP contribution in [0.4, 0.5) is 0 Å². The van der Waals surface area contributed by atoms with Crippen LogP contribution in [0.25, 0.3) is 0 Å². The highest BCUT2D eigenvalue weighted by Gasteiger charge is 1.97. The molecule has 0 N–H and O–H groups in total. The van der Waals surface area contributed by atoms with E-state index in [1.165, 1.54) is 5.56 Å². The Morgan fingerprint density at radius 2 is 2.00 bits per heavy atom. The summed E-state index contributed by atoms with van der Waals surface area (Å²) < 4.78 is 0. The van der Waals surface area contributed by atoms with Crippen LogP contribution in [0, 0.1) is 11.5 Å². The summed E-state index contributed by atoms with van der Waals surface area (Å²) in [6, 6.07) is 10.4. The van der Waals surface area contributed by atoms with E-state index in [2.05, 4.69) is 30.5 Å². The van der Waals surface area contributed by atoms with Gasteiger partial charge in [-0.1, -0.05) is 30.3 Å². The van der Waals surface area contributed by atoms with Crippen molar-refractivity contribution < 1.29 is 0 Å². The smallest absolute Gasteiger partial charge is 0.179 e. The molecule has 0 heterocycles. The maximum atomic E-state index is 8.70. The van der Waals surface area contributed by atoms with Gasteiger partial charge in [-0.15, -0.1) is 0 Å². The summed E-state index contributed by atoms with van der Waals surface area (Å²) in [6.07, 6.45) is 4.27. The van der Waals surface area contributed by atoms with E-state index >= 15 is 0 Å². The Hall–Kier alpha value is -1.49. The molecule has 2 nitrogen and oxygen atoms in total. The van der Waals surface area contributed by atoms with Crippen LogP contribution in [0.15, 0.2) is 30.3 Å². The quantitative estimate of drug-likeness (QED) is 0.524. The Balaban J connectivity index is 2.26. The van der Waals surface area contributed by atoms with E-state index in [0.29, 0.717) is 0 Å². The minimum Gasteiger partial charge on any atom is -0.311 e. The van der Waals surface area contributed by atoms with Gasteiger partial charge in [-0.2, -0.15) is 5.26 Å². The van der Waals surface area contributed by atoms with E-state index in [9.17, 15) is 0 Å². The molecule has 0 aromatic heterocycles. The minimum atomic E-state index is 0.811. The van der Waals surface area contributed by atoms with Crippen LogP contribution in [0.5, 0.6) is 0 Å². The van der Waals surface area contributed by atoms with Crippen molar-refractivity contribution in [2.24, 2.45) is 0 Å². The molecule has 0 fully saturated rings. The lowest BCUT2D eigenvalue weighted by Gasteiger charge is -2.11. The predicted octanol–water partition coefficient (Wildman–Crippen LogP) is 2.42. The van der Waals surface area contributed by atoms with Gasteiger partial charge in [-0.05, 0) is 25.3 Å². The number of benzene rings is 1. The summed E-state index contributed by atoms with van der Waals surface area (Å²) in [7, 11) is 0. The van der Waals surface area contributed by atoms with Crippen molar-refractivity contribution in [3.05, 3.63) is 35.9 Å². The molecule has 14 heavy (non-hydrogen) atoms. The van der Waals surface area contributed by atoms with Gasteiger partial charge in [0.1, 0.15) is 0 Å². The number of rotatable bonds is 5. The van der Waals surface area contributed by atoms with Crippen LogP contribution < -0.4 is 0 Å². The zero-order valence-corrected chi connectivity index (χ0v) is 8.61. The van der Waals surface area contributed by atoms with Crippen molar-refractivity contribution in [1.82, 2.24) is 4.90 Å². The second-order valence-electron chi connectivity index (χ2n) is 3.27. The molecule has 1 aromatic rings. The van der Waals surface area contributed by atoms with Crippen LogP contribution >= 0.6 is 0 Å². The van der Waals surface area contributed by atoms with Gasteiger partial charge in [-0.3, -0.25) is 0 Å². The summed E-state index contributed by atoms with van der Waals surface area (Å²) in [5.74, 6) is 0. The molecule has 0 aliphatic carbocycles. The topological polar surface area (TPSA) is 27.0 Å². The number of nitriles is 1. The van der Waals surface area contributed by atoms with Gasteiger partial charge >= 0.3 is 0 Å². The maximum absolute atomic E-state index is 8.70. The Labute approximate surface area is 85.8 Å². The fraction of sp³-hybridized carbons (Fsp3) is 0.417. The third-order valence-corrected chi connectivity index (χ3v) is 2.26. The Morgan fingerprint density at radius 1 is 1.29 bits per heavy atom. The fourth-order valence-electron chi connectivity index (χ4n) is 1.40. The van der Waals surface area contributed by atoms with E-state index < -0.39 is 0 Å². The van der Waals surface area contributed by atoms with Gasteiger partial charge in [0.15, 0.2) is 6.19 Å². The standard InChI is InChI=1S/C12H16N2/c1-2-14(11-13)10-6-9-12-7-4-3-5-8-12/h3-5,7-8H,2,6,9-10H2,1H3. The lowest BCUT2D eigenvalue weighted by atomic mass is 10.1. The van der Waals surface area contributed by atoms with Gasteiger partial charge in [0.05, 0.1) is 0 Å².